The number of hydrogen-bond acceptors (Lipinski definition) is 5. The van der Waals surface area contributed by atoms with Crippen molar-refractivity contribution in [1.29, 1.82) is 0 Å². The van der Waals surface area contributed by atoms with Gasteiger partial charge < -0.3 is 24.8 Å². The summed E-state index contributed by atoms with van der Waals surface area (Å²) in [5.74, 6) is 0.652. The summed E-state index contributed by atoms with van der Waals surface area (Å²) in [6.45, 7) is 2.21. The average molecular weight is 493 g/mol. The van der Waals surface area contributed by atoms with Crippen molar-refractivity contribution in [3.05, 3.63) is 100 Å². The molecule has 1 heterocycles. The fourth-order valence-corrected chi connectivity index (χ4v) is 3.93. The predicted octanol–water partition coefficient (Wildman–Crippen LogP) is 5.26. The van der Waals surface area contributed by atoms with Crippen LogP contribution in [-0.2, 0) is 16.1 Å². The zero-order valence-electron chi connectivity index (χ0n) is 19.3. The zero-order valence-corrected chi connectivity index (χ0v) is 20.1. The molecule has 0 radical (unpaired) electrons. The van der Waals surface area contributed by atoms with Crippen molar-refractivity contribution in [3.8, 4) is 11.5 Å². The number of ether oxygens (including phenoxy) is 3. The molecule has 7 nitrogen and oxygen atoms in total. The molecule has 0 spiro atoms. The molecule has 3 aromatic rings. The molecule has 3 aromatic carbocycles. The van der Waals surface area contributed by atoms with Crippen molar-refractivity contribution in [2.24, 2.45) is 0 Å². The summed E-state index contributed by atoms with van der Waals surface area (Å²) in [4.78, 5) is 25.9. The van der Waals surface area contributed by atoms with Crippen LogP contribution in [0.15, 0.2) is 78.4 Å². The molecule has 1 aliphatic rings. The molecule has 0 saturated heterocycles. The van der Waals surface area contributed by atoms with E-state index in [-0.39, 0.29) is 18.8 Å². The van der Waals surface area contributed by atoms with Crippen molar-refractivity contribution < 1.29 is 23.8 Å². The van der Waals surface area contributed by atoms with Gasteiger partial charge >= 0.3 is 12.0 Å². The number of halogens is 1. The molecule has 4 rings (SSSR count). The summed E-state index contributed by atoms with van der Waals surface area (Å²) in [5, 5.41) is 6.28. The molecule has 1 aliphatic heterocycles. The van der Waals surface area contributed by atoms with E-state index in [0.717, 1.165) is 5.56 Å². The maximum Gasteiger partial charge on any atom is 0.338 e. The number of rotatable bonds is 8. The van der Waals surface area contributed by atoms with E-state index < -0.39 is 18.0 Å². The van der Waals surface area contributed by atoms with Crippen molar-refractivity contribution in [3.63, 3.8) is 0 Å². The molecule has 1 unspecified atom stereocenters. The van der Waals surface area contributed by atoms with E-state index in [2.05, 4.69) is 10.6 Å². The van der Waals surface area contributed by atoms with Gasteiger partial charge in [-0.1, -0.05) is 41.9 Å². The lowest BCUT2D eigenvalue weighted by molar-refractivity contribution is -0.138. The minimum absolute atomic E-state index is 0.188. The van der Waals surface area contributed by atoms with Gasteiger partial charge in [-0.2, -0.15) is 0 Å². The first-order valence-corrected chi connectivity index (χ1v) is 11.5. The molecule has 0 aliphatic carbocycles. The summed E-state index contributed by atoms with van der Waals surface area (Å²) < 4.78 is 16.7. The average Bonchev–Trinajstić information content (AvgIpc) is 2.88. The third-order valence-electron chi connectivity index (χ3n) is 5.48. The first kappa shape index (κ1) is 24.2. The summed E-state index contributed by atoms with van der Waals surface area (Å²) in [6.07, 6.45) is 0. The van der Waals surface area contributed by atoms with E-state index in [1.165, 1.54) is 0 Å². The van der Waals surface area contributed by atoms with E-state index in [1.54, 1.807) is 56.5 Å². The molecule has 8 heteroatoms. The van der Waals surface area contributed by atoms with Gasteiger partial charge in [-0.15, -0.1) is 0 Å². The van der Waals surface area contributed by atoms with E-state index in [4.69, 9.17) is 25.8 Å². The Hall–Kier alpha value is -3.97. The third kappa shape index (κ3) is 5.58. The lowest BCUT2D eigenvalue weighted by Gasteiger charge is -2.30. The Morgan fingerprint density at radius 1 is 1.00 bits per heavy atom. The largest absolute Gasteiger partial charge is 0.497 e. The number of methoxy groups -OCH3 is 1. The maximum absolute atomic E-state index is 13.2. The Bertz CT molecular complexity index is 1240. The van der Waals surface area contributed by atoms with Crippen molar-refractivity contribution in [2.45, 2.75) is 19.6 Å². The van der Waals surface area contributed by atoms with E-state index >= 15 is 0 Å². The molecular formula is C27H25ClN2O5. The molecular weight excluding hydrogens is 468 g/mol. The number of para-hydroxylation sites is 1. The first-order chi connectivity index (χ1) is 17.0. The molecule has 180 valence electrons. The summed E-state index contributed by atoms with van der Waals surface area (Å²) >= 11 is 5.98. The number of carbonyl (C=O) groups excluding carboxylic acids is 2. The van der Waals surface area contributed by atoms with Gasteiger partial charge in [0.2, 0.25) is 0 Å². The Morgan fingerprint density at radius 2 is 1.71 bits per heavy atom. The van der Waals surface area contributed by atoms with E-state index in [1.807, 2.05) is 30.3 Å². The van der Waals surface area contributed by atoms with Gasteiger partial charge in [-0.05, 0) is 60.5 Å². The van der Waals surface area contributed by atoms with E-state index in [0.29, 0.717) is 33.3 Å². The highest BCUT2D eigenvalue weighted by Gasteiger charge is 2.35. The van der Waals surface area contributed by atoms with Gasteiger partial charge in [0.15, 0.2) is 0 Å². The minimum atomic E-state index is -0.790. The highest BCUT2D eigenvalue weighted by Crippen LogP contribution is 2.36. The van der Waals surface area contributed by atoms with Crippen molar-refractivity contribution in [1.82, 2.24) is 10.6 Å². The van der Waals surface area contributed by atoms with Crippen molar-refractivity contribution in [2.75, 3.05) is 13.7 Å². The maximum atomic E-state index is 13.2. The molecule has 2 N–H and O–H groups in total. The lowest BCUT2D eigenvalue weighted by atomic mass is 9.92. The van der Waals surface area contributed by atoms with E-state index in [9.17, 15) is 9.59 Å². The third-order valence-corrected chi connectivity index (χ3v) is 5.74. The van der Waals surface area contributed by atoms with Crippen molar-refractivity contribution >= 4 is 29.3 Å². The topological polar surface area (TPSA) is 85.9 Å². The van der Waals surface area contributed by atoms with Gasteiger partial charge in [0, 0.05) is 10.6 Å². The second kappa shape index (κ2) is 11.0. The normalized spacial score (nSPS) is 15.2. The Labute approximate surface area is 208 Å². The first-order valence-electron chi connectivity index (χ1n) is 11.1. The van der Waals surface area contributed by atoms with Crippen LogP contribution in [0.4, 0.5) is 4.79 Å². The fraction of sp³-hybridized carbons (Fsp3) is 0.185. The van der Waals surface area contributed by atoms with Crippen LogP contribution in [-0.4, -0.2) is 25.7 Å². The molecule has 0 bridgehead atoms. The SMILES string of the molecule is CCOC(=O)C1=C(c2ccc(OC)cc2)NC(=O)NC1c1ccccc1OCc1ccc(Cl)cc1. The highest BCUT2D eigenvalue weighted by molar-refractivity contribution is 6.30. The van der Waals surface area contributed by atoms with Gasteiger partial charge in [0.05, 0.1) is 31.0 Å². The molecule has 35 heavy (non-hydrogen) atoms. The van der Waals surface area contributed by atoms with Crippen LogP contribution in [0.1, 0.15) is 29.7 Å². The van der Waals surface area contributed by atoms with Crippen LogP contribution >= 0.6 is 11.6 Å². The van der Waals surface area contributed by atoms with Gasteiger partial charge in [-0.3, -0.25) is 0 Å². The molecule has 1 atom stereocenters. The number of esters is 1. The molecule has 0 saturated carbocycles. The zero-order chi connectivity index (χ0) is 24.8. The lowest BCUT2D eigenvalue weighted by Crippen LogP contribution is -2.45. The standard InChI is InChI=1S/C27H25ClN2O5/c1-3-34-26(31)23-24(18-10-14-20(33-2)15-11-18)29-27(32)30-25(23)21-6-4-5-7-22(21)35-16-17-8-12-19(28)13-9-17/h4-15,25H,3,16H2,1-2H3,(H2,29,30,32). The number of benzene rings is 3. The number of urea groups is 1. The fourth-order valence-electron chi connectivity index (χ4n) is 3.80. The second-order valence-electron chi connectivity index (χ2n) is 7.72. The number of amides is 2. The Morgan fingerprint density at radius 3 is 2.40 bits per heavy atom. The summed E-state index contributed by atoms with van der Waals surface area (Å²) in [6, 6.07) is 20.5. The number of nitrogens with one attached hydrogen (secondary N) is 2. The second-order valence-corrected chi connectivity index (χ2v) is 8.16. The van der Waals surface area contributed by atoms with Gasteiger partial charge in [0.25, 0.3) is 0 Å². The predicted molar refractivity (Wildman–Crippen MR) is 133 cm³/mol. The van der Waals surface area contributed by atoms with Crippen LogP contribution < -0.4 is 20.1 Å². The quantitative estimate of drug-likeness (QED) is 0.419. The summed E-state index contributed by atoms with van der Waals surface area (Å²) in [5.41, 5.74) is 2.85. The minimum Gasteiger partial charge on any atom is -0.497 e. The summed E-state index contributed by atoms with van der Waals surface area (Å²) in [7, 11) is 1.57. The molecule has 0 aromatic heterocycles. The van der Waals surface area contributed by atoms with Crippen LogP contribution in [0.25, 0.3) is 5.70 Å². The number of carbonyl (C=O) groups is 2. The smallest absolute Gasteiger partial charge is 0.338 e. The highest BCUT2D eigenvalue weighted by atomic mass is 35.5. The molecule has 0 fully saturated rings. The van der Waals surface area contributed by atoms with Crippen LogP contribution in [0.2, 0.25) is 5.02 Å². The monoisotopic (exact) mass is 492 g/mol. The van der Waals surface area contributed by atoms with Gasteiger partial charge in [-0.25, -0.2) is 9.59 Å². The van der Waals surface area contributed by atoms with Gasteiger partial charge in [0.1, 0.15) is 18.1 Å². The van der Waals surface area contributed by atoms with Crippen LogP contribution in [0, 0.1) is 0 Å². The van der Waals surface area contributed by atoms with Crippen LogP contribution in [0.5, 0.6) is 11.5 Å². The Kier molecular flexibility index (Phi) is 7.57. The molecule has 2 amide bonds. The Balaban J connectivity index is 1.75. The number of hydrogen-bond donors (Lipinski definition) is 2. The van der Waals surface area contributed by atoms with Crippen LogP contribution in [0.3, 0.4) is 0 Å².